The predicted molar refractivity (Wildman–Crippen MR) is 53.5 cm³/mol. The van der Waals surface area contributed by atoms with Gasteiger partial charge in [-0.25, -0.2) is 0 Å². The fraction of sp³-hybridized carbons (Fsp3) is 0.750. The van der Waals surface area contributed by atoms with Crippen molar-refractivity contribution in [2.75, 3.05) is 0 Å². The van der Waals surface area contributed by atoms with E-state index in [1.165, 1.54) is 0 Å². The molecule has 0 saturated heterocycles. The third-order valence-electron chi connectivity index (χ3n) is 2.21. The van der Waals surface area contributed by atoms with Crippen molar-refractivity contribution in [3.63, 3.8) is 0 Å². The third-order valence-corrected chi connectivity index (χ3v) is 2.21. The number of hydrogen-bond donors (Lipinski definition) is 0. The summed E-state index contributed by atoms with van der Waals surface area (Å²) < 4.78 is 0. The van der Waals surface area contributed by atoms with E-state index >= 15 is 0 Å². The van der Waals surface area contributed by atoms with E-state index in [0.29, 0.717) is 0 Å². The molecule has 0 aliphatic heterocycles. The Kier molecular flexibility index (Phi) is 4.41. The fourth-order valence-corrected chi connectivity index (χ4v) is 1.48. The maximum absolute atomic E-state index is 8.29. The number of azide groups is 2. The standard InChI is InChI=1S/C8H12N6/c9-13-11-7-3-1-2-4-8(6-5-7)12-14-10/h5-8H,1-4H2/b6-5-. The SMILES string of the molecule is [N-]=[N+]=NC1/C=C\C(N=[N+]=[N-])CCCC1. The van der Waals surface area contributed by atoms with Crippen molar-refractivity contribution in [2.45, 2.75) is 37.8 Å². The zero-order valence-electron chi connectivity index (χ0n) is 7.82. The van der Waals surface area contributed by atoms with Gasteiger partial charge >= 0.3 is 0 Å². The summed E-state index contributed by atoms with van der Waals surface area (Å²) in [6.07, 6.45) is 7.43. The van der Waals surface area contributed by atoms with E-state index in [1.54, 1.807) is 0 Å². The molecule has 0 radical (unpaired) electrons. The van der Waals surface area contributed by atoms with E-state index < -0.39 is 0 Å². The first-order valence-corrected chi connectivity index (χ1v) is 4.63. The lowest BCUT2D eigenvalue weighted by molar-refractivity contribution is 0.560. The van der Waals surface area contributed by atoms with E-state index in [4.69, 9.17) is 11.1 Å². The predicted octanol–water partition coefficient (Wildman–Crippen LogP) is 3.47. The minimum Gasteiger partial charge on any atom is -0.0866 e. The number of nitrogens with zero attached hydrogens (tertiary/aromatic N) is 6. The Bertz CT molecular complexity index is 267. The Morgan fingerprint density at radius 3 is 1.71 bits per heavy atom. The summed E-state index contributed by atoms with van der Waals surface area (Å²) in [5, 5.41) is 7.28. The molecule has 0 amide bonds. The maximum atomic E-state index is 8.29. The van der Waals surface area contributed by atoms with Gasteiger partial charge in [0.1, 0.15) is 0 Å². The Morgan fingerprint density at radius 2 is 1.36 bits per heavy atom. The summed E-state index contributed by atoms with van der Waals surface area (Å²) in [4.78, 5) is 5.55. The fourth-order valence-electron chi connectivity index (χ4n) is 1.48. The molecule has 0 heterocycles. The zero-order chi connectivity index (χ0) is 10.2. The summed E-state index contributed by atoms with van der Waals surface area (Å²) in [6, 6.07) is -0.173. The molecule has 74 valence electrons. The average Bonchev–Trinajstić information content (AvgIpc) is 2.15. The van der Waals surface area contributed by atoms with Crippen LogP contribution in [0.25, 0.3) is 20.9 Å². The van der Waals surface area contributed by atoms with Crippen LogP contribution in [0.2, 0.25) is 0 Å². The van der Waals surface area contributed by atoms with Crippen molar-refractivity contribution < 1.29 is 0 Å². The lowest BCUT2D eigenvalue weighted by atomic mass is 10.0. The van der Waals surface area contributed by atoms with Crippen molar-refractivity contribution in [2.24, 2.45) is 10.2 Å². The van der Waals surface area contributed by atoms with E-state index in [2.05, 4.69) is 20.1 Å². The van der Waals surface area contributed by atoms with Gasteiger partial charge in [0.15, 0.2) is 0 Å². The van der Waals surface area contributed by atoms with E-state index in [1.807, 2.05) is 12.2 Å². The van der Waals surface area contributed by atoms with Gasteiger partial charge in [0, 0.05) is 9.82 Å². The first-order chi connectivity index (χ1) is 6.86. The van der Waals surface area contributed by atoms with Crippen molar-refractivity contribution in [3.05, 3.63) is 33.0 Å². The smallest absolute Gasteiger partial charge is 0.0555 e. The number of rotatable bonds is 2. The molecule has 0 fully saturated rings. The number of hydrogen-bond acceptors (Lipinski definition) is 2. The van der Waals surface area contributed by atoms with Crippen LogP contribution in [0, 0.1) is 0 Å². The van der Waals surface area contributed by atoms with Crippen molar-refractivity contribution >= 4 is 0 Å². The summed E-state index contributed by atoms with van der Waals surface area (Å²) in [5.74, 6) is 0. The monoisotopic (exact) mass is 192 g/mol. The second-order valence-electron chi connectivity index (χ2n) is 3.21. The van der Waals surface area contributed by atoms with Gasteiger partial charge in [-0.05, 0) is 23.9 Å². The van der Waals surface area contributed by atoms with Gasteiger partial charge in [0.2, 0.25) is 0 Å². The molecule has 0 aromatic heterocycles. The van der Waals surface area contributed by atoms with Crippen LogP contribution >= 0.6 is 0 Å². The van der Waals surface area contributed by atoms with E-state index in [0.717, 1.165) is 25.7 Å². The lowest BCUT2D eigenvalue weighted by Gasteiger charge is -2.12. The van der Waals surface area contributed by atoms with Crippen molar-refractivity contribution in [3.8, 4) is 0 Å². The van der Waals surface area contributed by atoms with Crippen LogP contribution in [0.15, 0.2) is 22.4 Å². The van der Waals surface area contributed by atoms with Crippen molar-refractivity contribution in [1.82, 2.24) is 0 Å². The third kappa shape index (κ3) is 3.39. The van der Waals surface area contributed by atoms with Gasteiger partial charge in [0.05, 0.1) is 12.1 Å². The first kappa shape index (κ1) is 10.4. The van der Waals surface area contributed by atoms with E-state index in [-0.39, 0.29) is 12.1 Å². The molecule has 0 aromatic carbocycles. The molecule has 6 heteroatoms. The molecule has 0 aromatic rings. The molecule has 0 N–H and O–H groups in total. The molecule has 14 heavy (non-hydrogen) atoms. The van der Waals surface area contributed by atoms with Crippen LogP contribution in [-0.2, 0) is 0 Å². The van der Waals surface area contributed by atoms with Gasteiger partial charge in [-0.3, -0.25) is 0 Å². The molecule has 1 aliphatic carbocycles. The zero-order valence-corrected chi connectivity index (χ0v) is 7.82. The Balaban J connectivity index is 2.68. The van der Waals surface area contributed by atoms with Gasteiger partial charge in [-0.15, -0.1) is 0 Å². The molecule has 2 unspecified atom stereocenters. The minimum atomic E-state index is -0.0864. The topological polar surface area (TPSA) is 97.5 Å². The summed E-state index contributed by atoms with van der Waals surface area (Å²) >= 11 is 0. The highest BCUT2D eigenvalue weighted by molar-refractivity contribution is 5.01. The molecular weight excluding hydrogens is 180 g/mol. The van der Waals surface area contributed by atoms with Crippen LogP contribution < -0.4 is 0 Å². The maximum Gasteiger partial charge on any atom is 0.0555 e. The summed E-state index contributed by atoms with van der Waals surface area (Å²) in [6.45, 7) is 0. The Labute approximate surface area is 81.9 Å². The molecule has 1 rings (SSSR count). The van der Waals surface area contributed by atoms with Crippen molar-refractivity contribution in [1.29, 1.82) is 0 Å². The second-order valence-corrected chi connectivity index (χ2v) is 3.21. The molecule has 0 bridgehead atoms. The summed E-state index contributed by atoms with van der Waals surface area (Å²) in [5.41, 5.74) is 16.6. The minimum absolute atomic E-state index is 0.0864. The molecule has 1 aliphatic rings. The van der Waals surface area contributed by atoms with Crippen LogP contribution in [0.5, 0.6) is 0 Å². The van der Waals surface area contributed by atoms with Crippen LogP contribution in [0.3, 0.4) is 0 Å². The van der Waals surface area contributed by atoms with Gasteiger partial charge < -0.3 is 0 Å². The molecule has 2 atom stereocenters. The first-order valence-electron chi connectivity index (χ1n) is 4.63. The highest BCUT2D eigenvalue weighted by Gasteiger charge is 2.09. The van der Waals surface area contributed by atoms with Gasteiger partial charge in [-0.2, -0.15) is 0 Å². The molecule has 6 nitrogen and oxygen atoms in total. The lowest BCUT2D eigenvalue weighted by Crippen LogP contribution is -2.07. The van der Waals surface area contributed by atoms with E-state index in [9.17, 15) is 0 Å². The highest BCUT2D eigenvalue weighted by atomic mass is 15.2. The quantitative estimate of drug-likeness (QED) is 0.277. The van der Waals surface area contributed by atoms with Gasteiger partial charge in [-0.1, -0.05) is 35.2 Å². The van der Waals surface area contributed by atoms with Crippen LogP contribution in [-0.4, -0.2) is 12.1 Å². The van der Waals surface area contributed by atoms with Gasteiger partial charge in [0.25, 0.3) is 0 Å². The summed E-state index contributed by atoms with van der Waals surface area (Å²) in [7, 11) is 0. The normalized spacial score (nSPS) is 28.9. The Morgan fingerprint density at radius 1 is 0.929 bits per heavy atom. The average molecular weight is 192 g/mol. The highest BCUT2D eigenvalue weighted by Crippen LogP contribution is 2.16. The molecule has 0 spiro atoms. The largest absolute Gasteiger partial charge is 0.0866 e. The van der Waals surface area contributed by atoms with Crippen LogP contribution in [0.4, 0.5) is 0 Å². The van der Waals surface area contributed by atoms with Crippen LogP contribution in [0.1, 0.15) is 25.7 Å². The molecular formula is C8H12N6. The second kappa shape index (κ2) is 5.91. The molecule has 0 saturated carbocycles. The Hall–Kier alpha value is -1.64.